The van der Waals surface area contributed by atoms with E-state index in [-0.39, 0.29) is 28.5 Å². The standard InChI is InChI=1S/C19H16F4O3/c1-10-7-12(20)5-6-16(10)26-17-9-15(19(21,22)23)13(11-3-4-11)8-14(17)18(24)25-2/h5-9,11H,3-4H2,1-2H3. The van der Waals surface area contributed by atoms with E-state index in [1.807, 2.05) is 0 Å². The summed E-state index contributed by atoms with van der Waals surface area (Å²) < 4.78 is 63.9. The van der Waals surface area contributed by atoms with Crippen LogP contribution in [0.5, 0.6) is 11.5 Å². The van der Waals surface area contributed by atoms with Crippen LogP contribution in [0.25, 0.3) is 0 Å². The summed E-state index contributed by atoms with van der Waals surface area (Å²) >= 11 is 0. The Bertz CT molecular complexity index is 855. The summed E-state index contributed by atoms with van der Waals surface area (Å²) in [6.45, 7) is 1.56. The van der Waals surface area contributed by atoms with Crippen molar-refractivity contribution in [1.29, 1.82) is 0 Å². The molecule has 0 radical (unpaired) electrons. The third kappa shape index (κ3) is 3.66. The van der Waals surface area contributed by atoms with E-state index in [1.54, 1.807) is 6.92 Å². The van der Waals surface area contributed by atoms with E-state index in [4.69, 9.17) is 4.74 Å². The molecule has 0 amide bonds. The van der Waals surface area contributed by atoms with Gasteiger partial charge in [0.15, 0.2) is 0 Å². The van der Waals surface area contributed by atoms with Gasteiger partial charge in [0.25, 0.3) is 0 Å². The highest BCUT2D eigenvalue weighted by molar-refractivity contribution is 5.93. The maximum absolute atomic E-state index is 13.5. The van der Waals surface area contributed by atoms with E-state index in [9.17, 15) is 22.4 Å². The lowest BCUT2D eigenvalue weighted by Gasteiger charge is -2.18. The van der Waals surface area contributed by atoms with Gasteiger partial charge >= 0.3 is 12.1 Å². The first-order valence-electron chi connectivity index (χ1n) is 7.98. The highest BCUT2D eigenvalue weighted by atomic mass is 19.4. The number of hydrogen-bond donors (Lipinski definition) is 0. The molecule has 1 saturated carbocycles. The van der Waals surface area contributed by atoms with Crippen LogP contribution >= 0.6 is 0 Å². The minimum absolute atomic E-state index is 0.0704. The summed E-state index contributed by atoms with van der Waals surface area (Å²) in [5.74, 6) is -1.64. The van der Waals surface area contributed by atoms with Crippen LogP contribution in [0.2, 0.25) is 0 Å². The van der Waals surface area contributed by atoms with Gasteiger partial charge in [0, 0.05) is 0 Å². The van der Waals surface area contributed by atoms with Crippen LogP contribution in [0.4, 0.5) is 17.6 Å². The van der Waals surface area contributed by atoms with Crippen molar-refractivity contribution >= 4 is 5.97 Å². The average Bonchev–Trinajstić information content (AvgIpc) is 3.40. The van der Waals surface area contributed by atoms with Crippen molar-refractivity contribution in [3.8, 4) is 11.5 Å². The number of methoxy groups -OCH3 is 1. The summed E-state index contributed by atoms with van der Waals surface area (Å²) in [6, 6.07) is 5.64. The van der Waals surface area contributed by atoms with Gasteiger partial charge in [-0.25, -0.2) is 9.18 Å². The SMILES string of the molecule is COC(=O)c1cc(C2CC2)c(C(F)(F)F)cc1Oc1ccc(F)cc1C. The highest BCUT2D eigenvalue weighted by Crippen LogP contribution is 2.48. The number of halogens is 4. The molecule has 2 aromatic carbocycles. The molecule has 0 unspecified atom stereocenters. The van der Waals surface area contributed by atoms with Gasteiger partial charge in [0.1, 0.15) is 22.9 Å². The molecule has 0 atom stereocenters. The fourth-order valence-corrected chi connectivity index (χ4v) is 2.77. The molecule has 1 fully saturated rings. The van der Waals surface area contributed by atoms with Gasteiger partial charge in [0.05, 0.1) is 12.7 Å². The van der Waals surface area contributed by atoms with E-state index >= 15 is 0 Å². The fraction of sp³-hybridized carbons (Fsp3) is 0.316. The molecular weight excluding hydrogens is 352 g/mol. The summed E-state index contributed by atoms with van der Waals surface area (Å²) in [5.41, 5.74) is -0.463. The third-order valence-corrected chi connectivity index (χ3v) is 4.24. The molecule has 0 spiro atoms. The van der Waals surface area contributed by atoms with Gasteiger partial charge in [-0.1, -0.05) is 0 Å². The van der Waals surface area contributed by atoms with E-state index in [0.29, 0.717) is 18.4 Å². The Balaban J connectivity index is 2.13. The molecule has 7 heteroatoms. The number of carbonyl (C=O) groups is 1. The van der Waals surface area contributed by atoms with Crippen LogP contribution in [0, 0.1) is 12.7 Å². The summed E-state index contributed by atoms with van der Waals surface area (Å²) in [5, 5.41) is 0. The summed E-state index contributed by atoms with van der Waals surface area (Å²) in [7, 11) is 1.14. The fourth-order valence-electron chi connectivity index (χ4n) is 2.77. The predicted molar refractivity (Wildman–Crippen MR) is 86.0 cm³/mol. The topological polar surface area (TPSA) is 35.5 Å². The molecule has 1 aliphatic rings. The van der Waals surface area contributed by atoms with Crippen LogP contribution in [0.15, 0.2) is 30.3 Å². The molecule has 0 N–H and O–H groups in total. The van der Waals surface area contributed by atoms with Crippen molar-refractivity contribution < 1.29 is 31.8 Å². The van der Waals surface area contributed by atoms with Gasteiger partial charge in [-0.2, -0.15) is 13.2 Å². The van der Waals surface area contributed by atoms with E-state index < -0.39 is 23.5 Å². The maximum atomic E-state index is 13.5. The molecule has 3 rings (SSSR count). The van der Waals surface area contributed by atoms with Crippen molar-refractivity contribution in [3.63, 3.8) is 0 Å². The zero-order valence-corrected chi connectivity index (χ0v) is 14.1. The van der Waals surface area contributed by atoms with Gasteiger partial charge < -0.3 is 9.47 Å². The second kappa shape index (κ2) is 6.63. The van der Waals surface area contributed by atoms with E-state index in [2.05, 4.69) is 4.74 Å². The zero-order chi connectivity index (χ0) is 19.1. The first-order valence-corrected chi connectivity index (χ1v) is 7.98. The van der Waals surface area contributed by atoms with Crippen molar-refractivity contribution in [2.75, 3.05) is 7.11 Å². The van der Waals surface area contributed by atoms with E-state index in [0.717, 1.165) is 19.2 Å². The molecular formula is C19H16F4O3. The zero-order valence-electron chi connectivity index (χ0n) is 14.1. The highest BCUT2D eigenvalue weighted by Gasteiger charge is 2.40. The van der Waals surface area contributed by atoms with E-state index in [1.165, 1.54) is 18.2 Å². The molecule has 0 aromatic heterocycles. The second-order valence-corrected chi connectivity index (χ2v) is 6.21. The molecule has 3 nitrogen and oxygen atoms in total. The van der Waals surface area contributed by atoms with Crippen LogP contribution < -0.4 is 4.74 Å². The lowest BCUT2D eigenvalue weighted by molar-refractivity contribution is -0.138. The van der Waals surface area contributed by atoms with Crippen molar-refractivity contribution in [3.05, 3.63) is 58.4 Å². The Morgan fingerprint density at radius 2 is 1.81 bits per heavy atom. The Morgan fingerprint density at radius 1 is 1.12 bits per heavy atom. The molecule has 26 heavy (non-hydrogen) atoms. The Labute approximate surface area is 147 Å². The second-order valence-electron chi connectivity index (χ2n) is 6.21. The Morgan fingerprint density at radius 3 is 2.35 bits per heavy atom. The molecule has 0 saturated heterocycles. The Kier molecular flexibility index (Phi) is 4.64. The van der Waals surface area contributed by atoms with Crippen molar-refractivity contribution in [2.24, 2.45) is 0 Å². The van der Waals surface area contributed by atoms with Gasteiger partial charge in [-0.3, -0.25) is 0 Å². The number of rotatable bonds is 4. The first kappa shape index (κ1) is 18.2. The number of carbonyl (C=O) groups excluding carboxylic acids is 1. The number of esters is 1. The van der Waals surface area contributed by atoms with Crippen molar-refractivity contribution in [2.45, 2.75) is 31.9 Å². The lowest BCUT2D eigenvalue weighted by Crippen LogP contribution is -2.13. The number of alkyl halides is 3. The quantitative estimate of drug-likeness (QED) is 0.520. The molecule has 0 aliphatic heterocycles. The maximum Gasteiger partial charge on any atom is 0.416 e. The van der Waals surface area contributed by atoms with Crippen LogP contribution in [-0.2, 0) is 10.9 Å². The number of ether oxygens (including phenoxy) is 2. The number of benzene rings is 2. The van der Waals surface area contributed by atoms with Crippen molar-refractivity contribution in [1.82, 2.24) is 0 Å². The minimum Gasteiger partial charge on any atom is -0.465 e. The number of aryl methyl sites for hydroxylation is 1. The number of hydrogen-bond acceptors (Lipinski definition) is 3. The lowest BCUT2D eigenvalue weighted by atomic mass is 9.98. The molecule has 2 aromatic rings. The van der Waals surface area contributed by atoms with Crippen LogP contribution in [0.1, 0.15) is 45.8 Å². The molecule has 0 bridgehead atoms. The van der Waals surface area contributed by atoms with Gasteiger partial charge in [-0.15, -0.1) is 0 Å². The average molecular weight is 368 g/mol. The minimum atomic E-state index is -4.58. The largest absolute Gasteiger partial charge is 0.465 e. The van der Waals surface area contributed by atoms with Crippen LogP contribution in [0.3, 0.4) is 0 Å². The summed E-state index contributed by atoms with van der Waals surface area (Å²) in [6.07, 6.45) is -3.30. The van der Waals surface area contributed by atoms with Crippen LogP contribution in [-0.4, -0.2) is 13.1 Å². The van der Waals surface area contributed by atoms with Gasteiger partial charge in [0.2, 0.25) is 0 Å². The third-order valence-electron chi connectivity index (χ3n) is 4.24. The normalized spacial score (nSPS) is 14.2. The molecule has 0 heterocycles. The molecule has 1 aliphatic carbocycles. The predicted octanol–water partition coefficient (Wildman–Crippen LogP) is 5.61. The first-order chi connectivity index (χ1) is 12.2. The Hall–Kier alpha value is -2.57. The van der Waals surface area contributed by atoms with Gasteiger partial charge in [-0.05, 0) is 67.1 Å². The summed E-state index contributed by atoms with van der Waals surface area (Å²) in [4.78, 5) is 12.1. The smallest absolute Gasteiger partial charge is 0.416 e. The molecule has 138 valence electrons. The monoisotopic (exact) mass is 368 g/mol.